The van der Waals surface area contributed by atoms with E-state index in [1.165, 1.54) is 6.07 Å². The highest BCUT2D eigenvalue weighted by Crippen LogP contribution is 2.25. The van der Waals surface area contributed by atoms with Crippen LogP contribution in [0.15, 0.2) is 42.5 Å². The fourth-order valence-electron chi connectivity index (χ4n) is 1.62. The molecule has 0 aromatic heterocycles. The van der Waals surface area contributed by atoms with Crippen LogP contribution in [0.1, 0.15) is 11.1 Å². The monoisotopic (exact) mass is 266 g/mol. The van der Waals surface area contributed by atoms with E-state index in [1.807, 2.05) is 0 Å². The Labute approximate surface area is 110 Å². The smallest absolute Gasteiger partial charge is 0.165 e. The van der Waals surface area contributed by atoms with Crippen LogP contribution in [-0.2, 0) is 12.5 Å². The Hall–Kier alpha value is -1.74. The summed E-state index contributed by atoms with van der Waals surface area (Å²) in [6.07, 6.45) is 0. The second-order valence-electron chi connectivity index (χ2n) is 3.82. The molecule has 0 saturated heterocycles. The minimum Gasteiger partial charge on any atom is -0.508 e. The van der Waals surface area contributed by atoms with Gasteiger partial charge in [0.1, 0.15) is 12.4 Å². The van der Waals surface area contributed by atoms with Crippen LogP contribution in [0, 0.1) is 5.82 Å². The highest BCUT2D eigenvalue weighted by Gasteiger charge is 2.09. The molecule has 0 amide bonds. The minimum atomic E-state index is -0.437. The number of halogens is 2. The Morgan fingerprint density at radius 3 is 2.67 bits per heavy atom. The quantitative estimate of drug-likeness (QED) is 0.852. The fourth-order valence-corrected chi connectivity index (χ4v) is 1.83. The van der Waals surface area contributed by atoms with Crippen LogP contribution in [0.25, 0.3) is 0 Å². The van der Waals surface area contributed by atoms with Crippen LogP contribution in [0.4, 0.5) is 4.39 Å². The summed E-state index contributed by atoms with van der Waals surface area (Å²) in [5, 5.41) is 9.31. The summed E-state index contributed by atoms with van der Waals surface area (Å²) < 4.78 is 19.0. The Morgan fingerprint density at radius 2 is 1.94 bits per heavy atom. The summed E-state index contributed by atoms with van der Waals surface area (Å²) in [5.74, 6) is 0.0685. The van der Waals surface area contributed by atoms with Crippen molar-refractivity contribution >= 4 is 11.6 Å². The second kappa shape index (κ2) is 5.74. The number of benzene rings is 2. The van der Waals surface area contributed by atoms with E-state index in [-0.39, 0.29) is 24.0 Å². The number of rotatable bonds is 4. The first kappa shape index (κ1) is 12.7. The van der Waals surface area contributed by atoms with E-state index >= 15 is 0 Å². The lowest BCUT2D eigenvalue weighted by molar-refractivity contribution is 0.287. The molecule has 0 saturated carbocycles. The number of para-hydroxylation sites is 1. The maximum absolute atomic E-state index is 13.6. The van der Waals surface area contributed by atoms with Crippen molar-refractivity contribution in [3.63, 3.8) is 0 Å². The predicted octanol–water partition coefficient (Wildman–Crippen LogP) is 3.85. The zero-order valence-electron chi connectivity index (χ0n) is 9.57. The van der Waals surface area contributed by atoms with Gasteiger partial charge in [0.2, 0.25) is 0 Å². The molecule has 2 aromatic carbocycles. The maximum atomic E-state index is 13.6. The van der Waals surface area contributed by atoms with E-state index in [4.69, 9.17) is 16.3 Å². The third-order valence-electron chi connectivity index (χ3n) is 2.49. The summed E-state index contributed by atoms with van der Waals surface area (Å²) in [6.45, 7) is 0.180. The van der Waals surface area contributed by atoms with Gasteiger partial charge in [0.25, 0.3) is 0 Å². The number of hydrogen-bond donors (Lipinski definition) is 1. The Bertz CT molecular complexity index is 543. The van der Waals surface area contributed by atoms with Crippen molar-refractivity contribution in [2.24, 2.45) is 0 Å². The van der Waals surface area contributed by atoms with Gasteiger partial charge in [0.15, 0.2) is 11.6 Å². The van der Waals surface area contributed by atoms with E-state index < -0.39 is 5.82 Å². The van der Waals surface area contributed by atoms with Gasteiger partial charge in [-0.15, -0.1) is 11.6 Å². The topological polar surface area (TPSA) is 29.5 Å². The average Bonchev–Trinajstić information content (AvgIpc) is 2.37. The number of alkyl halides is 1. The molecule has 0 aliphatic rings. The molecule has 2 rings (SSSR count). The Morgan fingerprint density at radius 1 is 1.17 bits per heavy atom. The zero-order valence-corrected chi connectivity index (χ0v) is 10.3. The average molecular weight is 267 g/mol. The van der Waals surface area contributed by atoms with E-state index in [1.54, 1.807) is 36.4 Å². The van der Waals surface area contributed by atoms with Crippen LogP contribution in [0.5, 0.6) is 11.5 Å². The Kier molecular flexibility index (Phi) is 4.05. The van der Waals surface area contributed by atoms with Gasteiger partial charge in [-0.1, -0.05) is 24.3 Å². The molecule has 2 nitrogen and oxygen atoms in total. The summed E-state index contributed by atoms with van der Waals surface area (Å²) in [4.78, 5) is 0. The Balaban J connectivity index is 2.15. The van der Waals surface area contributed by atoms with Crippen LogP contribution in [0.2, 0.25) is 0 Å². The second-order valence-corrected chi connectivity index (χ2v) is 4.09. The van der Waals surface area contributed by atoms with Gasteiger partial charge in [-0.25, -0.2) is 4.39 Å². The van der Waals surface area contributed by atoms with Crippen molar-refractivity contribution < 1.29 is 14.2 Å². The zero-order chi connectivity index (χ0) is 13.0. The normalized spacial score (nSPS) is 10.3. The van der Waals surface area contributed by atoms with Gasteiger partial charge in [0.05, 0.1) is 5.88 Å². The van der Waals surface area contributed by atoms with Crippen LogP contribution >= 0.6 is 11.6 Å². The lowest BCUT2D eigenvalue weighted by Gasteiger charge is -2.11. The highest BCUT2D eigenvalue weighted by atomic mass is 35.5. The third-order valence-corrected chi connectivity index (χ3v) is 2.77. The molecular weight excluding hydrogens is 255 g/mol. The molecule has 0 bridgehead atoms. The number of hydrogen-bond acceptors (Lipinski definition) is 2. The van der Waals surface area contributed by atoms with E-state index in [0.717, 1.165) is 5.56 Å². The molecular formula is C14H12ClFO2. The van der Waals surface area contributed by atoms with Crippen LogP contribution in [0.3, 0.4) is 0 Å². The number of aromatic hydroxyl groups is 1. The molecule has 0 aliphatic carbocycles. The third kappa shape index (κ3) is 2.93. The fraction of sp³-hybridized carbons (Fsp3) is 0.143. The molecule has 1 N–H and O–H groups in total. The molecule has 0 unspecified atom stereocenters. The van der Waals surface area contributed by atoms with E-state index in [0.29, 0.717) is 5.56 Å². The summed E-state index contributed by atoms with van der Waals surface area (Å²) >= 11 is 5.72. The lowest BCUT2D eigenvalue weighted by atomic mass is 10.2. The SMILES string of the molecule is Oc1cccc(COc2c(F)cccc2CCl)c1. The molecule has 4 heteroatoms. The molecule has 0 atom stereocenters. The van der Waals surface area contributed by atoms with Gasteiger partial charge >= 0.3 is 0 Å². The maximum Gasteiger partial charge on any atom is 0.165 e. The lowest BCUT2D eigenvalue weighted by Crippen LogP contribution is -2.00. The molecule has 94 valence electrons. The molecule has 2 aromatic rings. The van der Waals surface area contributed by atoms with Gasteiger partial charge < -0.3 is 9.84 Å². The molecule has 0 radical (unpaired) electrons. The molecule has 0 aliphatic heterocycles. The van der Waals surface area contributed by atoms with E-state index in [9.17, 15) is 9.50 Å². The van der Waals surface area contributed by atoms with Crippen molar-refractivity contribution in [1.29, 1.82) is 0 Å². The van der Waals surface area contributed by atoms with E-state index in [2.05, 4.69) is 0 Å². The van der Waals surface area contributed by atoms with Crippen molar-refractivity contribution in [1.82, 2.24) is 0 Å². The first-order valence-electron chi connectivity index (χ1n) is 5.45. The van der Waals surface area contributed by atoms with Gasteiger partial charge in [0, 0.05) is 5.56 Å². The standard InChI is InChI=1S/C14H12ClFO2/c15-8-11-4-2-6-13(16)14(11)18-9-10-3-1-5-12(17)7-10/h1-7,17H,8-9H2. The van der Waals surface area contributed by atoms with Crippen molar-refractivity contribution in [2.45, 2.75) is 12.5 Å². The van der Waals surface area contributed by atoms with Gasteiger partial charge in [-0.2, -0.15) is 0 Å². The molecule has 0 heterocycles. The number of phenolic OH excluding ortho intramolecular Hbond substituents is 1. The molecule has 0 spiro atoms. The molecule has 0 fully saturated rings. The number of phenols is 1. The van der Waals surface area contributed by atoms with Gasteiger partial charge in [-0.3, -0.25) is 0 Å². The highest BCUT2D eigenvalue weighted by molar-refractivity contribution is 6.17. The van der Waals surface area contributed by atoms with Crippen molar-refractivity contribution in [3.8, 4) is 11.5 Å². The first-order chi connectivity index (χ1) is 8.70. The first-order valence-corrected chi connectivity index (χ1v) is 5.98. The minimum absolute atomic E-state index is 0.155. The summed E-state index contributed by atoms with van der Waals surface area (Å²) in [6, 6.07) is 11.3. The van der Waals surface area contributed by atoms with Crippen LogP contribution < -0.4 is 4.74 Å². The van der Waals surface area contributed by atoms with Crippen molar-refractivity contribution in [3.05, 3.63) is 59.4 Å². The largest absolute Gasteiger partial charge is 0.508 e. The summed E-state index contributed by atoms with van der Waals surface area (Å²) in [5.41, 5.74) is 1.37. The van der Waals surface area contributed by atoms with Crippen LogP contribution in [-0.4, -0.2) is 5.11 Å². The summed E-state index contributed by atoms with van der Waals surface area (Å²) in [7, 11) is 0. The number of ether oxygens (including phenoxy) is 1. The molecule has 18 heavy (non-hydrogen) atoms. The van der Waals surface area contributed by atoms with Crippen molar-refractivity contribution in [2.75, 3.05) is 0 Å². The van der Waals surface area contributed by atoms with Gasteiger partial charge in [-0.05, 0) is 23.8 Å². The predicted molar refractivity (Wildman–Crippen MR) is 68.4 cm³/mol.